The van der Waals surface area contributed by atoms with Gasteiger partial charge in [-0.25, -0.2) is 4.39 Å². The molecule has 1 aromatic heterocycles. The fourth-order valence-electron chi connectivity index (χ4n) is 3.92. The Hall–Kier alpha value is -1.00. The number of halogens is 1. The van der Waals surface area contributed by atoms with Crippen molar-refractivity contribution >= 4 is 0 Å². The Morgan fingerprint density at radius 1 is 1.44 bits per heavy atom. The number of nitrogens with zero attached hydrogens (tertiary/aromatic N) is 1. The first kappa shape index (κ1) is 12.1. The molecular formula is C14H20FN3. The summed E-state index contributed by atoms with van der Waals surface area (Å²) < 4.78 is 13.7. The van der Waals surface area contributed by atoms with Crippen LogP contribution in [-0.4, -0.2) is 4.98 Å². The van der Waals surface area contributed by atoms with Crippen LogP contribution in [0.3, 0.4) is 0 Å². The van der Waals surface area contributed by atoms with Crippen LogP contribution in [0.15, 0.2) is 18.5 Å². The number of rotatable bonds is 4. The highest BCUT2D eigenvalue weighted by molar-refractivity contribution is 5.17. The first-order valence-electron chi connectivity index (χ1n) is 6.83. The van der Waals surface area contributed by atoms with Gasteiger partial charge in [-0.3, -0.25) is 16.3 Å². The SMILES string of the molecule is NNC(CC1CC2CCC1C2)c1ccncc1F. The Morgan fingerprint density at radius 2 is 2.33 bits per heavy atom. The number of nitrogens with two attached hydrogens (primary N) is 1. The summed E-state index contributed by atoms with van der Waals surface area (Å²) in [6.45, 7) is 0. The van der Waals surface area contributed by atoms with Gasteiger partial charge < -0.3 is 0 Å². The number of aromatic nitrogens is 1. The molecule has 3 rings (SSSR count). The van der Waals surface area contributed by atoms with Crippen molar-refractivity contribution in [2.24, 2.45) is 23.6 Å². The lowest BCUT2D eigenvalue weighted by Gasteiger charge is -2.26. The third kappa shape index (κ3) is 2.15. The fraction of sp³-hybridized carbons (Fsp3) is 0.643. The maximum Gasteiger partial charge on any atom is 0.146 e. The van der Waals surface area contributed by atoms with Crippen LogP contribution in [0.4, 0.5) is 4.39 Å². The van der Waals surface area contributed by atoms with Gasteiger partial charge in [0, 0.05) is 17.8 Å². The predicted octanol–water partition coefficient (Wildman–Crippen LogP) is 2.55. The number of fused-ring (bicyclic) bond motifs is 2. The average molecular weight is 249 g/mol. The van der Waals surface area contributed by atoms with E-state index in [0.29, 0.717) is 11.5 Å². The zero-order chi connectivity index (χ0) is 12.5. The molecule has 4 unspecified atom stereocenters. The Bertz CT molecular complexity index is 423. The fourth-order valence-corrected chi connectivity index (χ4v) is 3.92. The molecule has 2 aliphatic carbocycles. The van der Waals surface area contributed by atoms with Gasteiger partial charge >= 0.3 is 0 Å². The van der Waals surface area contributed by atoms with Gasteiger partial charge in [-0.1, -0.05) is 6.42 Å². The summed E-state index contributed by atoms with van der Waals surface area (Å²) in [5, 5.41) is 0. The standard InChI is InChI=1S/C14H20FN3/c15-13-8-17-4-3-12(13)14(18-16)7-11-6-9-1-2-10(11)5-9/h3-4,8-11,14,18H,1-2,5-7,16H2. The molecule has 0 saturated heterocycles. The monoisotopic (exact) mass is 249 g/mol. The topological polar surface area (TPSA) is 50.9 Å². The molecule has 1 heterocycles. The molecule has 98 valence electrons. The highest BCUT2D eigenvalue weighted by Gasteiger charge is 2.40. The third-order valence-corrected chi connectivity index (χ3v) is 4.80. The van der Waals surface area contributed by atoms with Crippen LogP contribution in [0.25, 0.3) is 0 Å². The van der Waals surface area contributed by atoms with Crippen LogP contribution in [0.2, 0.25) is 0 Å². The van der Waals surface area contributed by atoms with Crippen molar-refractivity contribution in [1.29, 1.82) is 0 Å². The van der Waals surface area contributed by atoms with Crippen LogP contribution < -0.4 is 11.3 Å². The lowest BCUT2D eigenvalue weighted by molar-refractivity contribution is 0.277. The van der Waals surface area contributed by atoms with Crippen LogP contribution >= 0.6 is 0 Å². The summed E-state index contributed by atoms with van der Waals surface area (Å²) in [4.78, 5) is 3.79. The van der Waals surface area contributed by atoms with E-state index in [1.807, 2.05) is 0 Å². The van der Waals surface area contributed by atoms with Crippen molar-refractivity contribution < 1.29 is 4.39 Å². The van der Waals surface area contributed by atoms with Crippen LogP contribution in [0.5, 0.6) is 0 Å². The molecule has 0 radical (unpaired) electrons. The Labute approximate surface area is 107 Å². The summed E-state index contributed by atoms with van der Waals surface area (Å²) in [6.07, 6.45) is 9.26. The second-order valence-electron chi connectivity index (χ2n) is 5.79. The average Bonchev–Trinajstić information content (AvgIpc) is 2.99. The van der Waals surface area contributed by atoms with E-state index in [4.69, 9.17) is 5.84 Å². The molecule has 4 heteroatoms. The van der Waals surface area contributed by atoms with Crippen molar-refractivity contribution in [2.45, 2.75) is 38.1 Å². The second-order valence-corrected chi connectivity index (χ2v) is 5.79. The first-order chi connectivity index (χ1) is 8.78. The minimum Gasteiger partial charge on any atom is -0.271 e. The van der Waals surface area contributed by atoms with Gasteiger partial charge in [0.05, 0.1) is 6.20 Å². The van der Waals surface area contributed by atoms with E-state index in [1.165, 1.54) is 31.9 Å². The minimum absolute atomic E-state index is 0.0858. The van der Waals surface area contributed by atoms with Gasteiger partial charge in [0.2, 0.25) is 0 Å². The lowest BCUT2D eigenvalue weighted by atomic mass is 9.83. The van der Waals surface area contributed by atoms with Gasteiger partial charge in [0.15, 0.2) is 0 Å². The normalized spacial score (nSPS) is 31.8. The molecule has 0 aromatic carbocycles. The molecule has 0 aliphatic heterocycles. The van der Waals surface area contributed by atoms with Crippen molar-refractivity contribution in [3.05, 3.63) is 29.8 Å². The number of pyridine rings is 1. The van der Waals surface area contributed by atoms with E-state index < -0.39 is 0 Å². The zero-order valence-electron chi connectivity index (χ0n) is 10.5. The molecule has 1 aromatic rings. The van der Waals surface area contributed by atoms with Crippen LogP contribution in [0.1, 0.15) is 43.7 Å². The van der Waals surface area contributed by atoms with E-state index >= 15 is 0 Å². The largest absolute Gasteiger partial charge is 0.271 e. The predicted molar refractivity (Wildman–Crippen MR) is 67.8 cm³/mol. The van der Waals surface area contributed by atoms with Gasteiger partial charge in [0.25, 0.3) is 0 Å². The molecule has 2 fully saturated rings. The highest BCUT2D eigenvalue weighted by Crippen LogP contribution is 2.50. The van der Waals surface area contributed by atoms with E-state index in [2.05, 4.69) is 10.4 Å². The highest BCUT2D eigenvalue weighted by atomic mass is 19.1. The summed E-state index contributed by atoms with van der Waals surface area (Å²) >= 11 is 0. The molecular weight excluding hydrogens is 229 g/mol. The molecule has 0 amide bonds. The molecule has 3 N–H and O–H groups in total. The molecule has 2 bridgehead atoms. The quantitative estimate of drug-likeness (QED) is 0.637. The van der Waals surface area contributed by atoms with Crippen molar-refractivity contribution in [3.8, 4) is 0 Å². The van der Waals surface area contributed by atoms with E-state index in [9.17, 15) is 4.39 Å². The van der Waals surface area contributed by atoms with E-state index in [1.54, 1.807) is 12.3 Å². The molecule has 18 heavy (non-hydrogen) atoms. The number of hydrazine groups is 1. The minimum atomic E-state index is -0.261. The van der Waals surface area contributed by atoms with Crippen molar-refractivity contribution in [2.75, 3.05) is 0 Å². The van der Waals surface area contributed by atoms with Gasteiger partial charge in [-0.05, 0) is 49.5 Å². The summed E-state index contributed by atoms with van der Waals surface area (Å²) in [5.41, 5.74) is 3.43. The second kappa shape index (κ2) is 4.94. The maximum absolute atomic E-state index is 13.7. The van der Waals surface area contributed by atoms with Gasteiger partial charge in [0.1, 0.15) is 5.82 Å². The third-order valence-electron chi connectivity index (χ3n) is 4.80. The number of hydrogen-bond acceptors (Lipinski definition) is 3. The maximum atomic E-state index is 13.7. The summed E-state index contributed by atoms with van der Waals surface area (Å²) in [6, 6.07) is 1.64. The van der Waals surface area contributed by atoms with E-state index in [-0.39, 0.29) is 11.9 Å². The van der Waals surface area contributed by atoms with Gasteiger partial charge in [-0.15, -0.1) is 0 Å². The summed E-state index contributed by atoms with van der Waals surface area (Å²) in [5.74, 6) is 7.82. The van der Waals surface area contributed by atoms with Crippen molar-refractivity contribution in [3.63, 3.8) is 0 Å². The van der Waals surface area contributed by atoms with E-state index in [0.717, 1.165) is 18.3 Å². The van der Waals surface area contributed by atoms with Crippen molar-refractivity contribution in [1.82, 2.24) is 10.4 Å². The molecule has 2 aliphatic rings. The summed E-state index contributed by atoms with van der Waals surface area (Å²) in [7, 11) is 0. The Kier molecular flexibility index (Phi) is 3.31. The molecule has 0 spiro atoms. The zero-order valence-corrected chi connectivity index (χ0v) is 10.5. The Balaban J connectivity index is 1.72. The number of nitrogens with one attached hydrogen (secondary N) is 1. The molecule has 3 nitrogen and oxygen atoms in total. The lowest BCUT2D eigenvalue weighted by Crippen LogP contribution is -2.31. The van der Waals surface area contributed by atoms with Crippen LogP contribution in [0, 0.1) is 23.6 Å². The smallest absolute Gasteiger partial charge is 0.146 e. The molecule has 4 atom stereocenters. The van der Waals surface area contributed by atoms with Gasteiger partial charge in [-0.2, -0.15) is 0 Å². The first-order valence-corrected chi connectivity index (χ1v) is 6.83. The Morgan fingerprint density at radius 3 is 2.94 bits per heavy atom. The number of hydrogen-bond donors (Lipinski definition) is 2. The molecule has 2 saturated carbocycles. The van der Waals surface area contributed by atoms with Crippen LogP contribution in [-0.2, 0) is 0 Å².